The lowest BCUT2D eigenvalue weighted by atomic mass is 10.3. The number of hydrogen-bond acceptors (Lipinski definition) is 3. The highest BCUT2D eigenvalue weighted by molar-refractivity contribution is 9.10. The van der Waals surface area contributed by atoms with Crippen molar-refractivity contribution in [2.24, 2.45) is 0 Å². The zero-order valence-electron chi connectivity index (χ0n) is 8.35. The molecule has 1 aromatic heterocycles. The molecule has 1 aromatic carbocycles. The van der Waals surface area contributed by atoms with Crippen LogP contribution in [-0.4, -0.2) is 4.21 Å². The standard InChI is InChI=1S/C11H10BrNOS2/c12-8-5-10(15-6-8)7-16(14)11-3-1-9(13)2-4-11/h1-6H,7,13H2. The van der Waals surface area contributed by atoms with Crippen molar-refractivity contribution in [2.75, 3.05) is 5.73 Å². The lowest BCUT2D eigenvalue weighted by Gasteiger charge is -2.00. The molecule has 84 valence electrons. The summed E-state index contributed by atoms with van der Waals surface area (Å²) < 4.78 is 13.0. The monoisotopic (exact) mass is 315 g/mol. The van der Waals surface area contributed by atoms with E-state index in [1.165, 1.54) is 0 Å². The van der Waals surface area contributed by atoms with Crippen LogP contribution in [0.15, 0.2) is 45.1 Å². The van der Waals surface area contributed by atoms with Crippen LogP contribution in [-0.2, 0) is 16.6 Å². The van der Waals surface area contributed by atoms with Crippen LogP contribution in [0.1, 0.15) is 4.88 Å². The maximum absolute atomic E-state index is 12.0. The minimum atomic E-state index is -0.995. The van der Waals surface area contributed by atoms with Gasteiger partial charge in [0.1, 0.15) is 0 Å². The zero-order valence-corrected chi connectivity index (χ0v) is 11.6. The van der Waals surface area contributed by atoms with Crippen molar-refractivity contribution in [2.45, 2.75) is 10.6 Å². The van der Waals surface area contributed by atoms with Gasteiger partial charge in [-0.2, -0.15) is 0 Å². The topological polar surface area (TPSA) is 43.1 Å². The average molecular weight is 316 g/mol. The summed E-state index contributed by atoms with van der Waals surface area (Å²) in [5.41, 5.74) is 6.27. The highest BCUT2D eigenvalue weighted by atomic mass is 79.9. The van der Waals surface area contributed by atoms with E-state index in [2.05, 4.69) is 15.9 Å². The molecule has 2 rings (SSSR count). The predicted octanol–water partition coefficient (Wildman–Crippen LogP) is 3.40. The number of nitrogen functional groups attached to an aromatic ring is 1. The average Bonchev–Trinajstić information content (AvgIpc) is 2.65. The molecule has 0 aliphatic carbocycles. The van der Waals surface area contributed by atoms with E-state index in [1.54, 1.807) is 23.5 Å². The van der Waals surface area contributed by atoms with Crippen molar-refractivity contribution in [3.8, 4) is 0 Å². The fourth-order valence-electron chi connectivity index (χ4n) is 1.26. The summed E-state index contributed by atoms with van der Waals surface area (Å²) in [6.45, 7) is 0. The first-order valence-electron chi connectivity index (χ1n) is 4.62. The van der Waals surface area contributed by atoms with E-state index in [4.69, 9.17) is 5.73 Å². The second-order valence-corrected chi connectivity index (χ2v) is 6.65. The van der Waals surface area contributed by atoms with Crippen LogP contribution in [0.5, 0.6) is 0 Å². The third kappa shape index (κ3) is 2.93. The maximum Gasteiger partial charge on any atom is 0.0626 e. The molecule has 1 unspecified atom stereocenters. The maximum atomic E-state index is 12.0. The number of halogens is 1. The Bertz CT molecular complexity index is 507. The fraction of sp³-hybridized carbons (Fsp3) is 0.0909. The number of benzene rings is 1. The first-order valence-corrected chi connectivity index (χ1v) is 7.61. The van der Waals surface area contributed by atoms with Gasteiger partial charge in [0.2, 0.25) is 0 Å². The summed E-state index contributed by atoms with van der Waals surface area (Å²) in [5, 5.41) is 2.00. The van der Waals surface area contributed by atoms with Gasteiger partial charge in [-0.1, -0.05) is 0 Å². The highest BCUT2D eigenvalue weighted by Crippen LogP contribution is 2.23. The summed E-state index contributed by atoms with van der Waals surface area (Å²) in [6.07, 6.45) is 0. The minimum absolute atomic E-state index is 0.556. The Morgan fingerprint density at radius 2 is 2.00 bits per heavy atom. The van der Waals surface area contributed by atoms with Crippen molar-refractivity contribution >= 4 is 43.8 Å². The Balaban J connectivity index is 2.11. The molecule has 0 spiro atoms. The van der Waals surface area contributed by atoms with Crippen LogP contribution in [0.2, 0.25) is 0 Å². The lowest BCUT2D eigenvalue weighted by molar-refractivity contribution is 0.683. The van der Waals surface area contributed by atoms with Gasteiger partial charge in [0.15, 0.2) is 0 Å². The molecule has 5 heteroatoms. The van der Waals surface area contributed by atoms with Crippen LogP contribution in [0, 0.1) is 0 Å². The van der Waals surface area contributed by atoms with Crippen molar-refractivity contribution in [1.29, 1.82) is 0 Å². The zero-order chi connectivity index (χ0) is 11.5. The highest BCUT2D eigenvalue weighted by Gasteiger charge is 2.06. The molecule has 0 aliphatic heterocycles. The van der Waals surface area contributed by atoms with Crippen LogP contribution < -0.4 is 5.73 Å². The van der Waals surface area contributed by atoms with Crippen LogP contribution >= 0.6 is 27.3 Å². The Morgan fingerprint density at radius 3 is 2.56 bits per heavy atom. The largest absolute Gasteiger partial charge is 0.399 e. The molecule has 2 aromatic rings. The quantitative estimate of drug-likeness (QED) is 0.882. The van der Waals surface area contributed by atoms with E-state index in [1.807, 2.05) is 23.6 Å². The second kappa shape index (κ2) is 5.12. The Hall–Kier alpha value is -0.650. The molecule has 0 saturated heterocycles. The molecular formula is C11H10BrNOS2. The normalized spacial score (nSPS) is 12.6. The van der Waals surface area contributed by atoms with Gasteiger partial charge in [-0.3, -0.25) is 4.21 Å². The van der Waals surface area contributed by atoms with E-state index < -0.39 is 10.8 Å². The van der Waals surface area contributed by atoms with Gasteiger partial charge in [0, 0.05) is 25.3 Å². The van der Waals surface area contributed by atoms with E-state index in [9.17, 15) is 4.21 Å². The summed E-state index contributed by atoms with van der Waals surface area (Å²) in [5.74, 6) is 0.556. The van der Waals surface area contributed by atoms with Crippen LogP contribution in [0.3, 0.4) is 0 Å². The Morgan fingerprint density at radius 1 is 1.31 bits per heavy atom. The second-order valence-electron chi connectivity index (χ2n) is 3.29. The van der Waals surface area contributed by atoms with Gasteiger partial charge in [0.05, 0.1) is 16.6 Å². The molecule has 0 amide bonds. The number of rotatable bonds is 3. The van der Waals surface area contributed by atoms with Crippen molar-refractivity contribution in [3.05, 3.63) is 45.1 Å². The summed E-state index contributed by atoms with van der Waals surface area (Å²) in [7, 11) is -0.995. The van der Waals surface area contributed by atoms with Crippen LogP contribution in [0.4, 0.5) is 5.69 Å². The summed E-state index contributed by atoms with van der Waals surface area (Å²) in [4.78, 5) is 1.93. The molecule has 2 N–H and O–H groups in total. The molecule has 0 aliphatic rings. The molecule has 0 radical (unpaired) electrons. The number of nitrogens with two attached hydrogens (primary N) is 1. The van der Waals surface area contributed by atoms with Gasteiger partial charge < -0.3 is 5.73 Å². The van der Waals surface area contributed by atoms with Gasteiger partial charge in [-0.15, -0.1) is 11.3 Å². The lowest BCUT2D eigenvalue weighted by Crippen LogP contribution is -1.95. The molecule has 16 heavy (non-hydrogen) atoms. The predicted molar refractivity (Wildman–Crippen MR) is 73.0 cm³/mol. The molecule has 1 atom stereocenters. The van der Waals surface area contributed by atoms with Gasteiger partial charge >= 0.3 is 0 Å². The first kappa shape index (κ1) is 11.8. The van der Waals surface area contributed by atoms with Crippen molar-refractivity contribution in [3.63, 3.8) is 0 Å². The van der Waals surface area contributed by atoms with Gasteiger partial charge in [-0.05, 0) is 46.3 Å². The smallest absolute Gasteiger partial charge is 0.0626 e. The van der Waals surface area contributed by atoms with Crippen molar-refractivity contribution in [1.82, 2.24) is 0 Å². The number of anilines is 1. The van der Waals surface area contributed by atoms with E-state index >= 15 is 0 Å². The van der Waals surface area contributed by atoms with E-state index in [-0.39, 0.29) is 0 Å². The SMILES string of the molecule is Nc1ccc(S(=O)Cc2cc(Br)cs2)cc1. The Labute approximate surface area is 109 Å². The van der Waals surface area contributed by atoms with Gasteiger partial charge in [0.25, 0.3) is 0 Å². The number of hydrogen-bond donors (Lipinski definition) is 1. The summed E-state index contributed by atoms with van der Waals surface area (Å²) in [6, 6.07) is 9.18. The molecule has 0 fully saturated rings. The number of thiophene rings is 1. The molecule has 1 heterocycles. The third-order valence-electron chi connectivity index (χ3n) is 2.04. The van der Waals surface area contributed by atoms with Crippen molar-refractivity contribution < 1.29 is 4.21 Å². The minimum Gasteiger partial charge on any atom is -0.399 e. The molecule has 2 nitrogen and oxygen atoms in total. The van der Waals surface area contributed by atoms with E-state index in [0.717, 1.165) is 14.2 Å². The summed E-state index contributed by atoms with van der Waals surface area (Å²) >= 11 is 4.99. The molecule has 0 bridgehead atoms. The molecule has 0 saturated carbocycles. The first-order chi connectivity index (χ1) is 7.65. The Kier molecular flexibility index (Phi) is 3.78. The van der Waals surface area contributed by atoms with Crippen LogP contribution in [0.25, 0.3) is 0 Å². The fourth-order valence-corrected chi connectivity index (χ4v) is 4.04. The molecular weight excluding hydrogens is 306 g/mol. The third-order valence-corrected chi connectivity index (χ3v) is 5.29. The van der Waals surface area contributed by atoms with Gasteiger partial charge in [-0.25, -0.2) is 0 Å². The van der Waals surface area contributed by atoms with E-state index in [0.29, 0.717) is 11.4 Å².